The molecule has 0 aromatic rings. The van der Waals surface area contributed by atoms with E-state index in [1.807, 2.05) is 19.9 Å². The normalized spacial score (nSPS) is 11.0. The Morgan fingerprint density at radius 2 is 2.38 bits per heavy atom. The van der Waals surface area contributed by atoms with Gasteiger partial charge in [0.25, 0.3) is 0 Å². The SMILES string of the molecule is C=CCOC(C)=CC. The van der Waals surface area contributed by atoms with Crippen LogP contribution in [0.5, 0.6) is 0 Å². The van der Waals surface area contributed by atoms with E-state index in [-0.39, 0.29) is 0 Å². The predicted octanol–water partition coefficient (Wildman–Crippen LogP) is 2.11. The van der Waals surface area contributed by atoms with E-state index in [1.54, 1.807) is 6.08 Å². The Morgan fingerprint density at radius 1 is 1.75 bits per heavy atom. The standard InChI is InChI=1S/C7H12O/c1-4-6-8-7(3)5-2/h4-5H,1,6H2,2-3H3. The minimum Gasteiger partial charge on any atom is -0.495 e. The van der Waals surface area contributed by atoms with Crippen LogP contribution in [-0.4, -0.2) is 6.61 Å². The van der Waals surface area contributed by atoms with Crippen molar-refractivity contribution in [3.05, 3.63) is 24.5 Å². The van der Waals surface area contributed by atoms with Crippen molar-refractivity contribution in [1.82, 2.24) is 0 Å². The molecule has 0 heterocycles. The molecule has 0 fully saturated rings. The highest BCUT2D eigenvalue weighted by atomic mass is 16.5. The molecule has 8 heavy (non-hydrogen) atoms. The molecule has 0 spiro atoms. The fourth-order valence-corrected chi connectivity index (χ4v) is 0.274. The molecule has 0 aromatic heterocycles. The number of allylic oxidation sites excluding steroid dienone is 2. The van der Waals surface area contributed by atoms with Gasteiger partial charge in [-0.2, -0.15) is 0 Å². The molecule has 0 rings (SSSR count). The fourth-order valence-electron chi connectivity index (χ4n) is 0.274. The molecule has 0 amide bonds. The van der Waals surface area contributed by atoms with Crippen molar-refractivity contribution in [2.45, 2.75) is 13.8 Å². The van der Waals surface area contributed by atoms with Crippen molar-refractivity contribution in [1.29, 1.82) is 0 Å². The summed E-state index contributed by atoms with van der Waals surface area (Å²) in [5.74, 6) is 0.949. The van der Waals surface area contributed by atoms with E-state index in [9.17, 15) is 0 Å². The zero-order valence-corrected chi connectivity index (χ0v) is 5.48. The van der Waals surface area contributed by atoms with Gasteiger partial charge in [0.05, 0.1) is 5.76 Å². The number of ether oxygens (including phenoxy) is 1. The Bertz CT molecular complexity index is 92.6. The zero-order valence-electron chi connectivity index (χ0n) is 5.48. The molecule has 0 aliphatic rings. The Kier molecular flexibility index (Phi) is 4.04. The first-order valence-electron chi connectivity index (χ1n) is 2.68. The molecule has 0 aliphatic carbocycles. The third kappa shape index (κ3) is 3.47. The van der Waals surface area contributed by atoms with Crippen molar-refractivity contribution in [3.8, 4) is 0 Å². The van der Waals surface area contributed by atoms with Crippen LogP contribution in [0.3, 0.4) is 0 Å². The van der Waals surface area contributed by atoms with E-state index < -0.39 is 0 Å². The van der Waals surface area contributed by atoms with Crippen LogP contribution in [0.25, 0.3) is 0 Å². The van der Waals surface area contributed by atoms with Crippen LogP contribution >= 0.6 is 0 Å². The highest BCUT2D eigenvalue weighted by molar-refractivity contribution is 4.85. The van der Waals surface area contributed by atoms with Crippen LogP contribution in [-0.2, 0) is 4.74 Å². The van der Waals surface area contributed by atoms with Crippen LogP contribution in [0.4, 0.5) is 0 Å². The molecule has 1 nitrogen and oxygen atoms in total. The second kappa shape index (κ2) is 4.44. The van der Waals surface area contributed by atoms with Crippen LogP contribution in [0.2, 0.25) is 0 Å². The highest BCUT2D eigenvalue weighted by Gasteiger charge is 1.79. The summed E-state index contributed by atoms with van der Waals surface area (Å²) in [7, 11) is 0. The lowest BCUT2D eigenvalue weighted by Crippen LogP contribution is -1.85. The molecule has 0 radical (unpaired) electrons. The third-order valence-corrected chi connectivity index (χ3v) is 0.835. The second-order valence-corrected chi connectivity index (χ2v) is 1.50. The van der Waals surface area contributed by atoms with Crippen molar-refractivity contribution in [3.63, 3.8) is 0 Å². The molecule has 0 aromatic carbocycles. The zero-order chi connectivity index (χ0) is 6.41. The van der Waals surface area contributed by atoms with Gasteiger partial charge < -0.3 is 4.74 Å². The minimum absolute atomic E-state index is 0.607. The monoisotopic (exact) mass is 112 g/mol. The van der Waals surface area contributed by atoms with Crippen LogP contribution in [0, 0.1) is 0 Å². The van der Waals surface area contributed by atoms with E-state index in [4.69, 9.17) is 4.74 Å². The molecule has 0 aliphatic heterocycles. The van der Waals surface area contributed by atoms with Gasteiger partial charge in [0.15, 0.2) is 0 Å². The van der Waals surface area contributed by atoms with Crippen LogP contribution in [0.1, 0.15) is 13.8 Å². The summed E-state index contributed by atoms with van der Waals surface area (Å²) in [6, 6.07) is 0. The first-order valence-corrected chi connectivity index (χ1v) is 2.68. The van der Waals surface area contributed by atoms with Gasteiger partial charge in [-0.15, -0.1) is 0 Å². The topological polar surface area (TPSA) is 9.23 Å². The van der Waals surface area contributed by atoms with E-state index >= 15 is 0 Å². The Balaban J connectivity index is 3.24. The van der Waals surface area contributed by atoms with E-state index in [2.05, 4.69) is 6.58 Å². The Morgan fingerprint density at radius 3 is 2.75 bits per heavy atom. The average molecular weight is 112 g/mol. The van der Waals surface area contributed by atoms with E-state index in [0.717, 1.165) is 5.76 Å². The van der Waals surface area contributed by atoms with Gasteiger partial charge in [-0.25, -0.2) is 0 Å². The smallest absolute Gasteiger partial charge is 0.106 e. The first-order chi connectivity index (χ1) is 3.81. The maximum absolute atomic E-state index is 5.08. The number of rotatable bonds is 3. The molecule has 46 valence electrons. The fraction of sp³-hybridized carbons (Fsp3) is 0.429. The lowest BCUT2D eigenvalue weighted by atomic mass is 10.5. The summed E-state index contributed by atoms with van der Waals surface area (Å²) in [5, 5.41) is 0. The van der Waals surface area contributed by atoms with E-state index in [0.29, 0.717) is 6.61 Å². The molecule has 0 saturated carbocycles. The van der Waals surface area contributed by atoms with Gasteiger partial charge in [0.2, 0.25) is 0 Å². The van der Waals surface area contributed by atoms with Gasteiger partial charge >= 0.3 is 0 Å². The van der Waals surface area contributed by atoms with Gasteiger partial charge in [-0.3, -0.25) is 0 Å². The van der Waals surface area contributed by atoms with Gasteiger partial charge in [-0.05, 0) is 19.9 Å². The van der Waals surface area contributed by atoms with Gasteiger partial charge in [-0.1, -0.05) is 12.7 Å². The quantitative estimate of drug-likeness (QED) is 0.401. The summed E-state index contributed by atoms with van der Waals surface area (Å²) in [5.41, 5.74) is 0. The largest absolute Gasteiger partial charge is 0.495 e. The molecule has 0 unspecified atom stereocenters. The maximum atomic E-state index is 5.08. The van der Waals surface area contributed by atoms with E-state index in [1.165, 1.54) is 0 Å². The van der Waals surface area contributed by atoms with Crippen LogP contribution in [0.15, 0.2) is 24.5 Å². The molecule has 0 saturated heterocycles. The van der Waals surface area contributed by atoms with Gasteiger partial charge in [0, 0.05) is 0 Å². The van der Waals surface area contributed by atoms with Crippen molar-refractivity contribution in [2.24, 2.45) is 0 Å². The summed E-state index contributed by atoms with van der Waals surface area (Å²) >= 11 is 0. The first kappa shape index (κ1) is 7.28. The minimum atomic E-state index is 0.607. The molecule has 0 atom stereocenters. The summed E-state index contributed by atoms with van der Waals surface area (Å²) in [4.78, 5) is 0. The molecular formula is C7H12O. The summed E-state index contributed by atoms with van der Waals surface area (Å²) < 4.78 is 5.08. The van der Waals surface area contributed by atoms with Crippen molar-refractivity contribution in [2.75, 3.05) is 6.61 Å². The lowest BCUT2D eigenvalue weighted by molar-refractivity contribution is 0.249. The van der Waals surface area contributed by atoms with Crippen molar-refractivity contribution < 1.29 is 4.74 Å². The summed E-state index contributed by atoms with van der Waals surface area (Å²) in [6.45, 7) is 7.99. The Labute approximate surface area is 50.7 Å². The Hall–Kier alpha value is -0.720. The lowest BCUT2D eigenvalue weighted by Gasteiger charge is -1.99. The highest BCUT2D eigenvalue weighted by Crippen LogP contribution is 1.92. The molecule has 0 bridgehead atoms. The molecule has 0 N–H and O–H groups in total. The predicted molar refractivity (Wildman–Crippen MR) is 35.6 cm³/mol. The second-order valence-electron chi connectivity index (χ2n) is 1.50. The van der Waals surface area contributed by atoms with Crippen LogP contribution < -0.4 is 0 Å². The molecule has 1 heteroatoms. The number of hydrogen-bond donors (Lipinski definition) is 0. The summed E-state index contributed by atoms with van der Waals surface area (Å²) in [6.07, 6.45) is 3.65. The molecular weight excluding hydrogens is 100 g/mol. The maximum Gasteiger partial charge on any atom is 0.106 e. The third-order valence-electron chi connectivity index (χ3n) is 0.835. The van der Waals surface area contributed by atoms with Crippen molar-refractivity contribution >= 4 is 0 Å². The average Bonchev–Trinajstić information content (AvgIpc) is 1.83. The van der Waals surface area contributed by atoms with Gasteiger partial charge in [0.1, 0.15) is 6.61 Å². The number of hydrogen-bond acceptors (Lipinski definition) is 1.